The van der Waals surface area contributed by atoms with Crippen LogP contribution in [0, 0.1) is 13.8 Å². The normalized spacial score (nSPS) is 15.2. The highest BCUT2D eigenvalue weighted by Crippen LogP contribution is 2.26. The quantitative estimate of drug-likeness (QED) is 0.431. The molecule has 33 heavy (non-hydrogen) atoms. The van der Waals surface area contributed by atoms with E-state index < -0.39 is 17.8 Å². The summed E-state index contributed by atoms with van der Waals surface area (Å²) in [6.07, 6.45) is 3.31. The number of benzene rings is 2. The van der Waals surface area contributed by atoms with Gasteiger partial charge in [-0.3, -0.25) is 14.9 Å². The highest BCUT2D eigenvalue weighted by Gasteiger charge is 2.37. The molecule has 4 amide bonds. The maximum atomic E-state index is 13.1. The molecule has 8 heteroatoms. The summed E-state index contributed by atoms with van der Waals surface area (Å²) < 4.78 is 7.67. The van der Waals surface area contributed by atoms with E-state index in [2.05, 4.69) is 5.32 Å². The Kier molecular flexibility index (Phi) is 6.33. The second-order valence-electron chi connectivity index (χ2n) is 7.68. The summed E-state index contributed by atoms with van der Waals surface area (Å²) in [7, 11) is 0. The Morgan fingerprint density at radius 2 is 1.85 bits per heavy atom. The zero-order chi connectivity index (χ0) is 23.5. The van der Waals surface area contributed by atoms with Crippen LogP contribution in [0.3, 0.4) is 0 Å². The summed E-state index contributed by atoms with van der Waals surface area (Å²) in [5.74, 6) is -0.689. The largest absolute Gasteiger partial charge is 0.492 e. The zero-order valence-corrected chi connectivity index (χ0v) is 18.9. The lowest BCUT2D eigenvalue weighted by molar-refractivity contribution is -0.122. The Labute approximate surface area is 196 Å². The van der Waals surface area contributed by atoms with E-state index in [1.54, 1.807) is 18.2 Å². The molecule has 1 aliphatic rings. The molecule has 0 unspecified atom stereocenters. The lowest BCUT2D eigenvalue weighted by Gasteiger charge is -2.26. The summed E-state index contributed by atoms with van der Waals surface area (Å²) in [5.41, 5.74) is 2.69. The van der Waals surface area contributed by atoms with Crippen molar-refractivity contribution < 1.29 is 19.1 Å². The molecule has 1 fully saturated rings. The number of nitrogens with one attached hydrogen (secondary N) is 1. The molecule has 7 nitrogen and oxygen atoms in total. The van der Waals surface area contributed by atoms with Crippen LogP contribution >= 0.6 is 11.6 Å². The summed E-state index contributed by atoms with van der Waals surface area (Å²) in [6, 6.07) is 15.4. The summed E-state index contributed by atoms with van der Waals surface area (Å²) >= 11 is 6.16. The topological polar surface area (TPSA) is 80.6 Å². The smallest absolute Gasteiger partial charge is 0.335 e. The molecule has 1 saturated heterocycles. The molecule has 4 rings (SSSR count). The summed E-state index contributed by atoms with van der Waals surface area (Å²) in [4.78, 5) is 38.9. The van der Waals surface area contributed by atoms with Crippen LogP contribution in [0.1, 0.15) is 16.8 Å². The number of imide groups is 2. The van der Waals surface area contributed by atoms with E-state index in [-0.39, 0.29) is 11.3 Å². The third-order valence-corrected chi connectivity index (χ3v) is 5.67. The minimum Gasteiger partial charge on any atom is -0.492 e. The SMILES string of the molecule is Cc1cccc(OCCn2cccc2/C=C2\C(=O)NC(=O)N(c3ccc(C)c(Cl)c3)C2=O)c1. The number of carbonyl (C=O) groups is 3. The standard InChI is InChI=1S/C25H22ClN3O4/c1-16-5-3-7-20(13-16)33-12-11-28-10-4-6-18(28)14-21-23(30)27-25(32)29(24(21)31)19-9-8-17(2)22(26)15-19/h3-10,13-15H,11-12H2,1-2H3,(H,27,30,32)/b21-14+. The van der Waals surface area contributed by atoms with E-state index >= 15 is 0 Å². The molecule has 0 bridgehead atoms. The third-order valence-electron chi connectivity index (χ3n) is 5.26. The van der Waals surface area contributed by atoms with Gasteiger partial charge in [-0.1, -0.05) is 29.8 Å². The van der Waals surface area contributed by atoms with Crippen LogP contribution < -0.4 is 15.0 Å². The minimum atomic E-state index is -0.816. The van der Waals surface area contributed by atoms with Crippen molar-refractivity contribution in [1.82, 2.24) is 9.88 Å². The average Bonchev–Trinajstić information content (AvgIpc) is 3.20. The number of hydrogen-bond donors (Lipinski definition) is 1. The van der Waals surface area contributed by atoms with Gasteiger partial charge in [-0.05, 0) is 67.4 Å². The van der Waals surface area contributed by atoms with Gasteiger partial charge in [0.05, 0.1) is 12.2 Å². The first kappa shape index (κ1) is 22.4. The van der Waals surface area contributed by atoms with Gasteiger partial charge in [-0.2, -0.15) is 0 Å². The Balaban J connectivity index is 1.55. The number of amides is 4. The van der Waals surface area contributed by atoms with Crippen molar-refractivity contribution in [2.45, 2.75) is 20.4 Å². The molecule has 0 aliphatic carbocycles. The lowest BCUT2D eigenvalue weighted by Crippen LogP contribution is -2.54. The molecule has 0 saturated carbocycles. The lowest BCUT2D eigenvalue weighted by atomic mass is 10.1. The maximum Gasteiger partial charge on any atom is 0.335 e. The number of halogens is 1. The molecule has 3 aromatic rings. The van der Waals surface area contributed by atoms with Crippen molar-refractivity contribution in [1.29, 1.82) is 0 Å². The first-order valence-electron chi connectivity index (χ1n) is 10.4. The molecule has 2 heterocycles. The van der Waals surface area contributed by atoms with Crippen LogP contribution in [0.25, 0.3) is 6.08 Å². The molecule has 0 spiro atoms. The molecule has 0 atom stereocenters. The number of aryl methyl sites for hydroxylation is 2. The number of nitrogens with zero attached hydrogens (tertiary/aromatic N) is 2. The van der Waals surface area contributed by atoms with Crippen LogP contribution in [-0.4, -0.2) is 29.0 Å². The number of rotatable bonds is 6. The van der Waals surface area contributed by atoms with E-state index in [0.29, 0.717) is 23.9 Å². The molecule has 168 valence electrons. The fourth-order valence-corrected chi connectivity index (χ4v) is 3.66. The second kappa shape index (κ2) is 9.34. The number of urea groups is 1. The van der Waals surface area contributed by atoms with Crippen molar-refractivity contribution in [3.05, 3.63) is 88.2 Å². The van der Waals surface area contributed by atoms with Crippen molar-refractivity contribution in [2.75, 3.05) is 11.5 Å². The van der Waals surface area contributed by atoms with Gasteiger partial charge in [0.25, 0.3) is 11.8 Å². The van der Waals surface area contributed by atoms with Crippen molar-refractivity contribution in [3.8, 4) is 5.75 Å². The second-order valence-corrected chi connectivity index (χ2v) is 8.09. The number of aromatic nitrogens is 1. The van der Waals surface area contributed by atoms with Gasteiger partial charge in [0.15, 0.2) is 0 Å². The van der Waals surface area contributed by atoms with Crippen LogP contribution in [0.5, 0.6) is 5.75 Å². The summed E-state index contributed by atoms with van der Waals surface area (Å²) in [5, 5.41) is 2.64. The van der Waals surface area contributed by atoms with Gasteiger partial charge in [0.2, 0.25) is 0 Å². The fraction of sp³-hybridized carbons (Fsp3) is 0.160. The van der Waals surface area contributed by atoms with Crippen molar-refractivity contribution in [3.63, 3.8) is 0 Å². The van der Waals surface area contributed by atoms with E-state index in [4.69, 9.17) is 16.3 Å². The predicted octanol–water partition coefficient (Wildman–Crippen LogP) is 4.50. The molecule has 1 aliphatic heterocycles. The number of carbonyl (C=O) groups excluding carboxylic acids is 3. The van der Waals surface area contributed by atoms with Crippen LogP contribution in [0.15, 0.2) is 66.4 Å². The Hall–Kier alpha value is -3.84. The molecular formula is C25H22ClN3O4. The van der Waals surface area contributed by atoms with Gasteiger partial charge < -0.3 is 9.30 Å². The Morgan fingerprint density at radius 1 is 1.03 bits per heavy atom. The van der Waals surface area contributed by atoms with E-state index in [0.717, 1.165) is 21.8 Å². The summed E-state index contributed by atoms with van der Waals surface area (Å²) in [6.45, 7) is 4.72. The Morgan fingerprint density at radius 3 is 2.61 bits per heavy atom. The fourth-order valence-electron chi connectivity index (χ4n) is 3.49. The van der Waals surface area contributed by atoms with Gasteiger partial charge in [-0.25, -0.2) is 9.69 Å². The van der Waals surface area contributed by atoms with Crippen LogP contribution in [-0.2, 0) is 16.1 Å². The van der Waals surface area contributed by atoms with Gasteiger partial charge in [-0.15, -0.1) is 0 Å². The first-order valence-corrected chi connectivity index (χ1v) is 10.7. The number of ether oxygens (including phenoxy) is 1. The predicted molar refractivity (Wildman–Crippen MR) is 126 cm³/mol. The molecular weight excluding hydrogens is 442 g/mol. The monoisotopic (exact) mass is 463 g/mol. The zero-order valence-electron chi connectivity index (χ0n) is 18.2. The minimum absolute atomic E-state index is 0.147. The third kappa shape index (κ3) is 4.83. The van der Waals surface area contributed by atoms with E-state index in [1.807, 2.05) is 54.9 Å². The number of anilines is 1. The van der Waals surface area contributed by atoms with Gasteiger partial charge in [0, 0.05) is 16.9 Å². The Bertz CT molecular complexity index is 1280. The van der Waals surface area contributed by atoms with Crippen LogP contribution in [0.2, 0.25) is 5.02 Å². The first-order chi connectivity index (χ1) is 15.8. The van der Waals surface area contributed by atoms with Crippen molar-refractivity contribution in [2.24, 2.45) is 0 Å². The number of barbiturate groups is 1. The maximum absolute atomic E-state index is 13.1. The molecule has 1 N–H and O–H groups in total. The average molecular weight is 464 g/mol. The van der Waals surface area contributed by atoms with Crippen molar-refractivity contribution >= 4 is 41.2 Å². The van der Waals surface area contributed by atoms with Gasteiger partial charge >= 0.3 is 6.03 Å². The molecule has 0 radical (unpaired) electrons. The van der Waals surface area contributed by atoms with E-state index in [9.17, 15) is 14.4 Å². The van der Waals surface area contributed by atoms with E-state index in [1.165, 1.54) is 12.1 Å². The molecule has 1 aromatic heterocycles. The molecule has 2 aromatic carbocycles. The highest BCUT2D eigenvalue weighted by molar-refractivity contribution is 6.39. The van der Waals surface area contributed by atoms with Crippen LogP contribution in [0.4, 0.5) is 10.5 Å². The highest BCUT2D eigenvalue weighted by atomic mass is 35.5. The van der Waals surface area contributed by atoms with Gasteiger partial charge in [0.1, 0.15) is 17.9 Å². The number of hydrogen-bond acceptors (Lipinski definition) is 4.